The molecule has 6 rings (SSSR count). The van der Waals surface area contributed by atoms with Crippen LogP contribution in [0.2, 0.25) is 0 Å². The smallest absolute Gasteiger partial charge is 0.174 e. The van der Waals surface area contributed by atoms with E-state index in [0.717, 1.165) is 40.0 Å². The predicted molar refractivity (Wildman–Crippen MR) is 154 cm³/mol. The Morgan fingerprint density at radius 3 is 2.24 bits per heavy atom. The molecule has 0 saturated carbocycles. The van der Waals surface area contributed by atoms with Gasteiger partial charge < -0.3 is 19.5 Å². The lowest BCUT2D eigenvalue weighted by atomic mass is 10.0. The SMILES string of the molecule is Cc1ccc(Oc2ccc(N3C(=S)N[C@@H](c4ccccn4)[C@H]3c3ccc(C)n3-c3cccnc3)cc2)cc1. The monoisotopic (exact) mass is 517 g/mol. The number of aromatic nitrogens is 3. The van der Waals surface area contributed by atoms with Crippen LogP contribution < -0.4 is 15.0 Å². The quantitative estimate of drug-likeness (QED) is 0.249. The van der Waals surface area contributed by atoms with Gasteiger partial charge in [0.05, 0.1) is 23.6 Å². The van der Waals surface area contributed by atoms with Crippen molar-refractivity contribution < 1.29 is 4.74 Å². The summed E-state index contributed by atoms with van der Waals surface area (Å²) in [5.41, 5.74) is 6.31. The van der Waals surface area contributed by atoms with Crippen molar-refractivity contribution in [2.45, 2.75) is 25.9 Å². The predicted octanol–water partition coefficient (Wildman–Crippen LogP) is 6.85. The van der Waals surface area contributed by atoms with Gasteiger partial charge in [0, 0.05) is 29.5 Å². The molecule has 0 spiro atoms. The number of hydrogen-bond acceptors (Lipinski definition) is 4. The van der Waals surface area contributed by atoms with E-state index >= 15 is 0 Å². The van der Waals surface area contributed by atoms with E-state index in [2.05, 4.69) is 68.9 Å². The van der Waals surface area contributed by atoms with Crippen LogP contribution in [0.15, 0.2) is 110 Å². The minimum atomic E-state index is -0.143. The summed E-state index contributed by atoms with van der Waals surface area (Å²) >= 11 is 5.93. The molecule has 2 aromatic carbocycles. The molecule has 1 N–H and O–H groups in total. The highest BCUT2D eigenvalue weighted by atomic mass is 32.1. The molecule has 38 heavy (non-hydrogen) atoms. The molecule has 188 valence electrons. The van der Waals surface area contributed by atoms with Crippen LogP contribution in [-0.2, 0) is 0 Å². The van der Waals surface area contributed by atoms with Crippen molar-refractivity contribution in [3.63, 3.8) is 0 Å². The number of anilines is 1. The van der Waals surface area contributed by atoms with Gasteiger partial charge in [0.25, 0.3) is 0 Å². The lowest BCUT2D eigenvalue weighted by Crippen LogP contribution is -2.30. The average molecular weight is 518 g/mol. The standard InChI is InChI=1S/C31H27N5OS/c1-21-8-13-25(14-9-21)37-26-15-11-23(12-16-26)36-30(29(34-31(36)38)27-7-3-4-19-33-27)28-17-10-22(2)35(28)24-6-5-18-32-20-24/h3-20,29-30H,1-2H3,(H,34,38)/t29-,30+/m0/s1. The first-order chi connectivity index (χ1) is 18.6. The number of pyridine rings is 2. The second-order valence-corrected chi connectivity index (χ2v) is 9.74. The third-order valence-electron chi connectivity index (χ3n) is 6.78. The maximum Gasteiger partial charge on any atom is 0.174 e. The second kappa shape index (κ2) is 10.1. The summed E-state index contributed by atoms with van der Waals surface area (Å²) in [5.74, 6) is 1.57. The van der Waals surface area contributed by atoms with Crippen LogP contribution in [-0.4, -0.2) is 19.6 Å². The van der Waals surface area contributed by atoms with Gasteiger partial charge in [0.15, 0.2) is 5.11 Å². The normalized spacial score (nSPS) is 16.9. The number of nitrogens with one attached hydrogen (secondary N) is 1. The van der Waals surface area contributed by atoms with Crippen LogP contribution in [0, 0.1) is 13.8 Å². The number of benzene rings is 2. The van der Waals surface area contributed by atoms with Crippen LogP contribution in [0.3, 0.4) is 0 Å². The van der Waals surface area contributed by atoms with Gasteiger partial charge in [0.1, 0.15) is 17.5 Å². The van der Waals surface area contributed by atoms with Gasteiger partial charge >= 0.3 is 0 Å². The van der Waals surface area contributed by atoms with Crippen molar-refractivity contribution in [2.24, 2.45) is 0 Å². The highest BCUT2D eigenvalue weighted by Crippen LogP contribution is 2.43. The molecule has 2 atom stereocenters. The molecule has 0 amide bonds. The first kappa shape index (κ1) is 23.9. The van der Waals surface area contributed by atoms with Crippen molar-refractivity contribution in [3.8, 4) is 17.2 Å². The summed E-state index contributed by atoms with van der Waals surface area (Å²) in [6.07, 6.45) is 5.49. The average Bonchev–Trinajstić information content (AvgIpc) is 3.50. The number of ether oxygens (including phenoxy) is 1. The fraction of sp³-hybridized carbons (Fsp3) is 0.129. The van der Waals surface area contributed by atoms with Crippen LogP contribution in [0.25, 0.3) is 5.69 Å². The molecule has 6 nitrogen and oxygen atoms in total. The van der Waals surface area contributed by atoms with Gasteiger partial charge in [-0.2, -0.15) is 0 Å². The Morgan fingerprint density at radius 1 is 0.789 bits per heavy atom. The van der Waals surface area contributed by atoms with Gasteiger partial charge in [-0.3, -0.25) is 9.97 Å². The maximum absolute atomic E-state index is 6.07. The lowest BCUT2D eigenvalue weighted by Gasteiger charge is -2.29. The first-order valence-corrected chi connectivity index (χ1v) is 12.9. The highest BCUT2D eigenvalue weighted by Gasteiger charge is 2.42. The van der Waals surface area contributed by atoms with Gasteiger partial charge in [-0.05, 0) is 98.9 Å². The van der Waals surface area contributed by atoms with Gasteiger partial charge in [-0.1, -0.05) is 23.8 Å². The fourth-order valence-electron chi connectivity index (χ4n) is 4.98. The molecule has 1 aliphatic rings. The van der Waals surface area contributed by atoms with Gasteiger partial charge in [0.2, 0.25) is 0 Å². The summed E-state index contributed by atoms with van der Waals surface area (Å²) in [7, 11) is 0. The molecule has 7 heteroatoms. The van der Waals surface area contributed by atoms with Crippen LogP contribution in [0.5, 0.6) is 11.5 Å². The molecule has 1 saturated heterocycles. The van der Waals surface area contributed by atoms with E-state index in [4.69, 9.17) is 17.0 Å². The third kappa shape index (κ3) is 4.53. The number of hydrogen-bond donors (Lipinski definition) is 1. The number of nitrogens with zero attached hydrogens (tertiary/aromatic N) is 4. The zero-order valence-electron chi connectivity index (χ0n) is 21.2. The zero-order valence-corrected chi connectivity index (χ0v) is 22.0. The van der Waals surface area contributed by atoms with E-state index in [1.165, 1.54) is 5.56 Å². The summed E-state index contributed by atoms with van der Waals surface area (Å²) in [6.45, 7) is 4.17. The molecule has 4 heterocycles. The van der Waals surface area contributed by atoms with Crippen molar-refractivity contribution in [1.82, 2.24) is 19.9 Å². The molecule has 1 aliphatic heterocycles. The molecule has 3 aromatic heterocycles. The molecule has 0 bridgehead atoms. The number of thiocarbonyl (C=S) groups is 1. The summed E-state index contributed by atoms with van der Waals surface area (Å²) in [6, 6.07) is 30.1. The molecule has 1 fully saturated rings. The Kier molecular flexibility index (Phi) is 6.35. The molecular formula is C31H27N5OS. The van der Waals surface area contributed by atoms with E-state index in [1.807, 2.05) is 73.1 Å². The van der Waals surface area contributed by atoms with Gasteiger partial charge in [-0.15, -0.1) is 0 Å². The molecule has 0 unspecified atom stereocenters. The second-order valence-electron chi connectivity index (χ2n) is 9.35. The molecule has 0 aliphatic carbocycles. The van der Waals surface area contributed by atoms with Crippen molar-refractivity contribution >= 4 is 23.0 Å². The molecular weight excluding hydrogens is 490 g/mol. The van der Waals surface area contributed by atoms with Crippen molar-refractivity contribution in [3.05, 3.63) is 132 Å². The minimum Gasteiger partial charge on any atom is -0.457 e. The van der Waals surface area contributed by atoms with Crippen LogP contribution >= 0.6 is 12.2 Å². The van der Waals surface area contributed by atoms with Crippen LogP contribution in [0.4, 0.5) is 5.69 Å². The van der Waals surface area contributed by atoms with E-state index in [1.54, 1.807) is 6.20 Å². The Bertz CT molecular complexity index is 1550. The molecule has 0 radical (unpaired) electrons. The van der Waals surface area contributed by atoms with E-state index in [0.29, 0.717) is 5.11 Å². The third-order valence-corrected chi connectivity index (χ3v) is 7.10. The van der Waals surface area contributed by atoms with Gasteiger partial charge in [-0.25, -0.2) is 0 Å². The largest absolute Gasteiger partial charge is 0.457 e. The van der Waals surface area contributed by atoms with E-state index in [-0.39, 0.29) is 12.1 Å². The topological polar surface area (TPSA) is 55.2 Å². The minimum absolute atomic E-state index is 0.142. The Morgan fingerprint density at radius 2 is 1.55 bits per heavy atom. The number of rotatable bonds is 6. The highest BCUT2D eigenvalue weighted by molar-refractivity contribution is 7.80. The Hall–Kier alpha value is -4.49. The summed E-state index contributed by atoms with van der Waals surface area (Å²) in [4.78, 5) is 11.2. The fourth-order valence-corrected chi connectivity index (χ4v) is 5.32. The van der Waals surface area contributed by atoms with E-state index in [9.17, 15) is 0 Å². The maximum atomic E-state index is 6.07. The summed E-state index contributed by atoms with van der Waals surface area (Å²) in [5, 5.41) is 4.20. The molecule has 5 aromatic rings. The first-order valence-electron chi connectivity index (χ1n) is 12.5. The van der Waals surface area contributed by atoms with E-state index < -0.39 is 0 Å². The Balaban J connectivity index is 1.41. The van der Waals surface area contributed by atoms with Crippen LogP contribution in [0.1, 0.15) is 34.7 Å². The lowest BCUT2D eigenvalue weighted by molar-refractivity contribution is 0.482. The van der Waals surface area contributed by atoms with Crippen molar-refractivity contribution in [1.29, 1.82) is 0 Å². The Labute approximate surface area is 227 Å². The summed E-state index contributed by atoms with van der Waals surface area (Å²) < 4.78 is 8.31. The zero-order chi connectivity index (χ0) is 26.1. The number of aryl methyl sites for hydroxylation is 2. The van der Waals surface area contributed by atoms with Crippen molar-refractivity contribution in [2.75, 3.05) is 4.90 Å².